The number of hydrogen-bond acceptors (Lipinski definition) is 3. The molecule has 1 N–H and O–H groups in total. The van der Waals surface area contributed by atoms with E-state index in [4.69, 9.17) is 11.6 Å². The van der Waals surface area contributed by atoms with Crippen molar-refractivity contribution >= 4 is 28.9 Å². The molecule has 1 saturated heterocycles. The van der Waals surface area contributed by atoms with Crippen LogP contribution in [0.15, 0.2) is 48.5 Å². The van der Waals surface area contributed by atoms with E-state index in [0.29, 0.717) is 13.1 Å². The number of rotatable bonds is 4. The zero-order valence-corrected chi connectivity index (χ0v) is 15.2. The molecular weight excluding hydrogens is 379 g/mol. The molecule has 1 fully saturated rings. The highest BCUT2D eigenvalue weighted by Gasteiger charge is 2.33. The molecule has 0 radical (unpaired) electrons. The highest BCUT2D eigenvalue weighted by molar-refractivity contribution is 6.31. The third-order valence-corrected chi connectivity index (χ3v) is 4.75. The molecule has 0 atom stereocenters. The van der Waals surface area contributed by atoms with Gasteiger partial charge in [0.05, 0.1) is 17.1 Å². The molecule has 144 valence electrons. The summed E-state index contributed by atoms with van der Waals surface area (Å²) in [6, 6.07) is 13.4. The molecule has 1 aliphatic rings. The highest BCUT2D eigenvalue weighted by atomic mass is 35.5. The van der Waals surface area contributed by atoms with E-state index in [1.165, 1.54) is 6.07 Å². The van der Waals surface area contributed by atoms with Crippen molar-refractivity contribution in [1.82, 2.24) is 4.90 Å². The molecule has 0 aliphatic carbocycles. The topological polar surface area (TPSA) is 35.6 Å². The Labute approximate surface area is 160 Å². The van der Waals surface area contributed by atoms with Crippen LogP contribution in [-0.2, 0) is 11.0 Å². The summed E-state index contributed by atoms with van der Waals surface area (Å²) in [6.45, 7) is 3.12. The average Bonchev–Trinajstić information content (AvgIpc) is 2.64. The predicted octanol–water partition coefficient (Wildman–Crippen LogP) is 4.12. The van der Waals surface area contributed by atoms with Crippen LogP contribution in [-0.4, -0.2) is 43.5 Å². The smallest absolute Gasteiger partial charge is 0.369 e. The minimum absolute atomic E-state index is 0.0830. The number of carbonyl (C=O) groups is 1. The summed E-state index contributed by atoms with van der Waals surface area (Å²) in [5.74, 6) is -0.349. The first-order valence-electron chi connectivity index (χ1n) is 8.52. The number of piperazine rings is 1. The van der Waals surface area contributed by atoms with Crippen molar-refractivity contribution in [2.24, 2.45) is 0 Å². The molecule has 2 aromatic rings. The first-order valence-corrected chi connectivity index (χ1v) is 8.90. The van der Waals surface area contributed by atoms with Crippen LogP contribution in [0.2, 0.25) is 5.02 Å². The average molecular weight is 398 g/mol. The molecule has 0 spiro atoms. The molecule has 4 nitrogen and oxygen atoms in total. The number of anilines is 2. The van der Waals surface area contributed by atoms with Gasteiger partial charge in [-0.25, -0.2) is 0 Å². The maximum absolute atomic E-state index is 12.9. The number of amides is 1. The van der Waals surface area contributed by atoms with Crippen molar-refractivity contribution in [1.29, 1.82) is 0 Å². The molecule has 2 aromatic carbocycles. The van der Waals surface area contributed by atoms with E-state index in [9.17, 15) is 18.0 Å². The number of halogens is 4. The SMILES string of the molecule is O=C(CN1CCN(c2ccccc2)CC1)Nc1ccc(Cl)c(C(F)(F)F)c1. The van der Waals surface area contributed by atoms with Crippen molar-refractivity contribution in [2.75, 3.05) is 42.9 Å². The maximum atomic E-state index is 12.9. The summed E-state index contributed by atoms with van der Waals surface area (Å²) in [5.41, 5.74) is 0.264. The Bertz CT molecular complexity index is 791. The Morgan fingerprint density at radius 3 is 2.33 bits per heavy atom. The second kappa shape index (κ2) is 8.19. The minimum atomic E-state index is -4.56. The van der Waals surface area contributed by atoms with Gasteiger partial charge in [0, 0.05) is 37.6 Å². The Kier molecular flexibility index (Phi) is 5.92. The van der Waals surface area contributed by atoms with Crippen LogP contribution < -0.4 is 10.2 Å². The van der Waals surface area contributed by atoms with Crippen LogP contribution in [0, 0.1) is 0 Å². The van der Waals surface area contributed by atoms with Gasteiger partial charge in [-0.2, -0.15) is 13.2 Å². The van der Waals surface area contributed by atoms with Crippen LogP contribution >= 0.6 is 11.6 Å². The Morgan fingerprint density at radius 1 is 1.04 bits per heavy atom. The number of nitrogens with one attached hydrogen (secondary N) is 1. The lowest BCUT2D eigenvalue weighted by Crippen LogP contribution is -2.48. The molecule has 0 unspecified atom stereocenters. The molecule has 0 aromatic heterocycles. The van der Waals surface area contributed by atoms with Gasteiger partial charge in [-0.1, -0.05) is 29.8 Å². The zero-order valence-electron chi connectivity index (χ0n) is 14.5. The zero-order chi connectivity index (χ0) is 19.4. The molecule has 27 heavy (non-hydrogen) atoms. The lowest BCUT2D eigenvalue weighted by Gasteiger charge is -2.35. The molecule has 0 saturated carbocycles. The number of benzene rings is 2. The van der Waals surface area contributed by atoms with Crippen LogP contribution in [0.1, 0.15) is 5.56 Å². The van der Waals surface area contributed by atoms with Gasteiger partial charge in [-0.15, -0.1) is 0 Å². The van der Waals surface area contributed by atoms with Crippen molar-refractivity contribution in [3.05, 3.63) is 59.1 Å². The van der Waals surface area contributed by atoms with E-state index in [0.717, 1.165) is 30.9 Å². The monoisotopic (exact) mass is 397 g/mol. The van der Waals surface area contributed by atoms with E-state index in [2.05, 4.69) is 10.2 Å². The van der Waals surface area contributed by atoms with Gasteiger partial charge in [0.1, 0.15) is 0 Å². The Balaban J connectivity index is 1.53. The van der Waals surface area contributed by atoms with Crippen LogP contribution in [0.5, 0.6) is 0 Å². The van der Waals surface area contributed by atoms with Gasteiger partial charge in [-0.3, -0.25) is 9.69 Å². The summed E-state index contributed by atoms with van der Waals surface area (Å²) in [7, 11) is 0. The molecule has 0 bridgehead atoms. The molecule has 8 heteroatoms. The standard InChI is InChI=1S/C19H19ClF3N3O/c20-17-7-6-14(12-16(17)19(21,22)23)24-18(27)13-25-8-10-26(11-9-25)15-4-2-1-3-5-15/h1-7,12H,8-11,13H2,(H,24,27). The van der Waals surface area contributed by atoms with E-state index in [1.54, 1.807) is 0 Å². The van der Waals surface area contributed by atoms with Gasteiger partial charge in [-0.05, 0) is 30.3 Å². The van der Waals surface area contributed by atoms with Crippen LogP contribution in [0.25, 0.3) is 0 Å². The second-order valence-electron chi connectivity index (χ2n) is 6.34. The summed E-state index contributed by atoms with van der Waals surface area (Å²) in [5, 5.41) is 2.13. The summed E-state index contributed by atoms with van der Waals surface area (Å²) < 4.78 is 38.7. The van der Waals surface area contributed by atoms with Gasteiger partial charge in [0.15, 0.2) is 0 Å². The number of para-hydroxylation sites is 1. The summed E-state index contributed by atoms with van der Waals surface area (Å²) >= 11 is 5.59. The number of nitrogens with zero attached hydrogens (tertiary/aromatic N) is 2. The molecular formula is C19H19ClF3N3O. The number of carbonyl (C=O) groups excluding carboxylic acids is 1. The maximum Gasteiger partial charge on any atom is 0.417 e. The third kappa shape index (κ3) is 5.14. The van der Waals surface area contributed by atoms with E-state index < -0.39 is 16.8 Å². The summed E-state index contributed by atoms with van der Waals surface area (Å²) in [4.78, 5) is 16.4. The van der Waals surface area contributed by atoms with Crippen molar-refractivity contribution in [2.45, 2.75) is 6.18 Å². The predicted molar refractivity (Wildman–Crippen MR) is 100 cm³/mol. The first kappa shape index (κ1) is 19.5. The van der Waals surface area contributed by atoms with Crippen LogP contribution in [0.4, 0.5) is 24.5 Å². The number of alkyl halides is 3. The minimum Gasteiger partial charge on any atom is -0.369 e. The Morgan fingerprint density at radius 2 is 1.70 bits per heavy atom. The first-order chi connectivity index (χ1) is 12.8. The van der Waals surface area contributed by atoms with Crippen molar-refractivity contribution in [3.8, 4) is 0 Å². The van der Waals surface area contributed by atoms with Gasteiger partial charge in [0.2, 0.25) is 5.91 Å². The fourth-order valence-corrected chi connectivity index (χ4v) is 3.25. The quantitative estimate of drug-likeness (QED) is 0.843. The van der Waals surface area contributed by atoms with E-state index in [1.807, 2.05) is 35.2 Å². The molecule has 1 heterocycles. The van der Waals surface area contributed by atoms with Gasteiger partial charge < -0.3 is 10.2 Å². The molecule has 1 aliphatic heterocycles. The Hall–Kier alpha value is -2.25. The van der Waals surface area contributed by atoms with Crippen molar-refractivity contribution in [3.63, 3.8) is 0 Å². The van der Waals surface area contributed by atoms with Crippen LogP contribution in [0.3, 0.4) is 0 Å². The normalized spacial score (nSPS) is 15.6. The second-order valence-corrected chi connectivity index (χ2v) is 6.75. The van der Waals surface area contributed by atoms with Gasteiger partial charge >= 0.3 is 6.18 Å². The lowest BCUT2D eigenvalue weighted by molar-refractivity contribution is -0.137. The molecule has 3 rings (SSSR count). The highest BCUT2D eigenvalue weighted by Crippen LogP contribution is 2.36. The van der Waals surface area contributed by atoms with E-state index >= 15 is 0 Å². The lowest BCUT2D eigenvalue weighted by atomic mass is 10.2. The third-order valence-electron chi connectivity index (χ3n) is 4.42. The molecule has 1 amide bonds. The van der Waals surface area contributed by atoms with E-state index in [-0.39, 0.29) is 18.1 Å². The summed E-state index contributed by atoms with van der Waals surface area (Å²) in [6.07, 6.45) is -4.56. The van der Waals surface area contributed by atoms with Gasteiger partial charge in [0.25, 0.3) is 0 Å². The van der Waals surface area contributed by atoms with Crippen molar-refractivity contribution < 1.29 is 18.0 Å². The largest absolute Gasteiger partial charge is 0.417 e. The number of hydrogen-bond donors (Lipinski definition) is 1. The fraction of sp³-hybridized carbons (Fsp3) is 0.316. The fourth-order valence-electron chi connectivity index (χ4n) is 3.03.